The van der Waals surface area contributed by atoms with E-state index in [9.17, 15) is 0 Å². The van der Waals surface area contributed by atoms with Crippen molar-refractivity contribution in [1.29, 1.82) is 0 Å². The standard InChI is InChI=1S/C16H21N3O/c1-11-16(12-5-7-14(20-2)8-6-12)19-15(18-11)10-13-4-3-9-17-13/h5-8,13,17H,3-4,9-10H2,1-2H3,(H,18,19). The molecule has 0 bridgehead atoms. The Labute approximate surface area is 119 Å². The molecule has 1 fully saturated rings. The van der Waals surface area contributed by atoms with Gasteiger partial charge < -0.3 is 15.0 Å². The van der Waals surface area contributed by atoms with E-state index < -0.39 is 0 Å². The Morgan fingerprint density at radius 3 is 2.75 bits per heavy atom. The quantitative estimate of drug-likeness (QED) is 0.899. The number of benzene rings is 1. The molecule has 4 heteroatoms. The van der Waals surface area contributed by atoms with Gasteiger partial charge in [0.2, 0.25) is 0 Å². The SMILES string of the molecule is COc1ccc(-c2nc(CC3CCCN3)[nH]c2C)cc1. The van der Waals surface area contributed by atoms with Gasteiger partial charge in [0.05, 0.1) is 12.8 Å². The first-order valence-electron chi connectivity index (χ1n) is 7.19. The maximum absolute atomic E-state index is 5.19. The van der Waals surface area contributed by atoms with E-state index in [0.29, 0.717) is 6.04 Å². The first kappa shape index (κ1) is 13.2. The Kier molecular flexibility index (Phi) is 3.74. The molecule has 1 saturated heterocycles. The van der Waals surface area contributed by atoms with Crippen molar-refractivity contribution in [2.45, 2.75) is 32.2 Å². The number of aryl methyl sites for hydroxylation is 1. The molecule has 1 atom stereocenters. The molecule has 1 aliphatic rings. The van der Waals surface area contributed by atoms with Gasteiger partial charge in [0.1, 0.15) is 11.6 Å². The van der Waals surface area contributed by atoms with Crippen LogP contribution in [-0.2, 0) is 6.42 Å². The summed E-state index contributed by atoms with van der Waals surface area (Å²) in [5.41, 5.74) is 3.30. The lowest BCUT2D eigenvalue weighted by Crippen LogP contribution is -2.24. The van der Waals surface area contributed by atoms with Gasteiger partial charge >= 0.3 is 0 Å². The lowest BCUT2D eigenvalue weighted by atomic mass is 10.1. The second-order valence-corrected chi connectivity index (χ2v) is 5.38. The highest BCUT2D eigenvalue weighted by Gasteiger charge is 2.17. The third-order valence-electron chi connectivity index (χ3n) is 3.90. The third kappa shape index (κ3) is 2.70. The van der Waals surface area contributed by atoms with Crippen LogP contribution in [0.1, 0.15) is 24.4 Å². The summed E-state index contributed by atoms with van der Waals surface area (Å²) in [5, 5.41) is 3.51. The molecule has 2 aromatic rings. The van der Waals surface area contributed by atoms with Crippen molar-refractivity contribution in [3.05, 3.63) is 35.8 Å². The maximum Gasteiger partial charge on any atom is 0.118 e. The number of hydrogen-bond donors (Lipinski definition) is 2. The molecule has 0 saturated carbocycles. The predicted octanol–water partition coefficient (Wildman–Crippen LogP) is 2.69. The number of nitrogens with zero attached hydrogens (tertiary/aromatic N) is 1. The average molecular weight is 271 g/mol. The van der Waals surface area contributed by atoms with Crippen LogP contribution in [0.3, 0.4) is 0 Å². The summed E-state index contributed by atoms with van der Waals surface area (Å²) in [6, 6.07) is 8.63. The summed E-state index contributed by atoms with van der Waals surface area (Å²) in [7, 11) is 1.68. The second-order valence-electron chi connectivity index (χ2n) is 5.38. The monoisotopic (exact) mass is 271 g/mol. The largest absolute Gasteiger partial charge is 0.497 e. The van der Waals surface area contributed by atoms with E-state index in [4.69, 9.17) is 9.72 Å². The molecule has 0 aliphatic carbocycles. The van der Waals surface area contributed by atoms with E-state index in [2.05, 4.69) is 29.4 Å². The number of imidazole rings is 1. The fourth-order valence-electron chi connectivity index (χ4n) is 2.81. The molecule has 1 aliphatic heterocycles. The van der Waals surface area contributed by atoms with Crippen LogP contribution in [0.4, 0.5) is 0 Å². The highest BCUT2D eigenvalue weighted by atomic mass is 16.5. The fraction of sp³-hybridized carbons (Fsp3) is 0.438. The van der Waals surface area contributed by atoms with Crippen LogP contribution in [0.25, 0.3) is 11.3 Å². The number of rotatable bonds is 4. The Bertz CT molecular complexity index is 568. The predicted molar refractivity (Wildman–Crippen MR) is 80.0 cm³/mol. The molecule has 0 radical (unpaired) electrons. The molecule has 1 unspecified atom stereocenters. The molecule has 4 nitrogen and oxygen atoms in total. The number of aromatic amines is 1. The zero-order valence-electron chi connectivity index (χ0n) is 12.1. The Balaban J connectivity index is 1.80. The topological polar surface area (TPSA) is 49.9 Å². The Morgan fingerprint density at radius 2 is 2.10 bits per heavy atom. The van der Waals surface area contributed by atoms with Crippen LogP contribution in [0, 0.1) is 6.92 Å². The van der Waals surface area contributed by atoms with Crippen molar-refractivity contribution >= 4 is 0 Å². The number of hydrogen-bond acceptors (Lipinski definition) is 3. The zero-order valence-corrected chi connectivity index (χ0v) is 12.1. The Morgan fingerprint density at radius 1 is 1.30 bits per heavy atom. The minimum atomic E-state index is 0.573. The van der Waals surface area contributed by atoms with Crippen molar-refractivity contribution in [2.75, 3.05) is 13.7 Å². The van der Waals surface area contributed by atoms with Crippen molar-refractivity contribution in [3.8, 4) is 17.0 Å². The molecule has 0 amide bonds. The number of aromatic nitrogens is 2. The molecule has 1 aromatic heterocycles. The first-order valence-corrected chi connectivity index (χ1v) is 7.19. The summed E-state index contributed by atoms with van der Waals surface area (Å²) in [6.45, 7) is 3.22. The lowest BCUT2D eigenvalue weighted by Gasteiger charge is -2.06. The number of nitrogens with one attached hydrogen (secondary N) is 2. The minimum absolute atomic E-state index is 0.573. The van der Waals surface area contributed by atoms with Gasteiger partial charge in [-0.3, -0.25) is 0 Å². The summed E-state index contributed by atoms with van der Waals surface area (Å²) < 4.78 is 5.19. The molecule has 2 heterocycles. The van der Waals surface area contributed by atoms with Crippen LogP contribution in [-0.4, -0.2) is 29.7 Å². The van der Waals surface area contributed by atoms with E-state index >= 15 is 0 Å². The normalized spacial score (nSPS) is 18.4. The summed E-state index contributed by atoms with van der Waals surface area (Å²) in [6.07, 6.45) is 3.50. The molecular formula is C16H21N3O. The van der Waals surface area contributed by atoms with Gasteiger partial charge in [-0.15, -0.1) is 0 Å². The Hall–Kier alpha value is -1.81. The van der Waals surface area contributed by atoms with Crippen molar-refractivity contribution in [3.63, 3.8) is 0 Å². The molecule has 106 valence electrons. The van der Waals surface area contributed by atoms with Crippen molar-refractivity contribution in [1.82, 2.24) is 15.3 Å². The van der Waals surface area contributed by atoms with Crippen LogP contribution < -0.4 is 10.1 Å². The van der Waals surface area contributed by atoms with E-state index in [0.717, 1.165) is 41.5 Å². The van der Waals surface area contributed by atoms with Crippen LogP contribution >= 0.6 is 0 Å². The maximum atomic E-state index is 5.19. The molecule has 3 rings (SSSR count). The van der Waals surface area contributed by atoms with Gasteiger partial charge in [0.25, 0.3) is 0 Å². The van der Waals surface area contributed by atoms with Crippen LogP contribution in [0.15, 0.2) is 24.3 Å². The summed E-state index contributed by atoms with van der Waals surface area (Å²) in [5.74, 6) is 1.95. The summed E-state index contributed by atoms with van der Waals surface area (Å²) in [4.78, 5) is 8.18. The number of methoxy groups -OCH3 is 1. The van der Waals surface area contributed by atoms with Crippen molar-refractivity contribution in [2.24, 2.45) is 0 Å². The van der Waals surface area contributed by atoms with E-state index in [1.807, 2.05) is 12.1 Å². The van der Waals surface area contributed by atoms with Gasteiger partial charge in [0, 0.05) is 23.7 Å². The molecule has 1 aromatic carbocycles. The van der Waals surface area contributed by atoms with E-state index in [1.165, 1.54) is 12.8 Å². The zero-order chi connectivity index (χ0) is 13.9. The van der Waals surface area contributed by atoms with Crippen LogP contribution in [0.5, 0.6) is 5.75 Å². The number of ether oxygens (including phenoxy) is 1. The third-order valence-corrected chi connectivity index (χ3v) is 3.90. The van der Waals surface area contributed by atoms with Crippen molar-refractivity contribution < 1.29 is 4.74 Å². The highest BCUT2D eigenvalue weighted by Crippen LogP contribution is 2.24. The molecule has 0 spiro atoms. The number of H-pyrrole nitrogens is 1. The minimum Gasteiger partial charge on any atom is -0.497 e. The van der Waals surface area contributed by atoms with Gasteiger partial charge in [-0.1, -0.05) is 0 Å². The average Bonchev–Trinajstić information content (AvgIpc) is 3.09. The van der Waals surface area contributed by atoms with E-state index in [1.54, 1.807) is 7.11 Å². The molecular weight excluding hydrogens is 250 g/mol. The molecule has 2 N–H and O–H groups in total. The summed E-state index contributed by atoms with van der Waals surface area (Å²) >= 11 is 0. The highest BCUT2D eigenvalue weighted by molar-refractivity contribution is 5.62. The van der Waals surface area contributed by atoms with Gasteiger partial charge in [-0.2, -0.15) is 0 Å². The van der Waals surface area contributed by atoms with Crippen LogP contribution in [0.2, 0.25) is 0 Å². The molecule has 20 heavy (non-hydrogen) atoms. The van der Waals surface area contributed by atoms with E-state index in [-0.39, 0.29) is 0 Å². The van der Waals surface area contributed by atoms with Gasteiger partial charge in [-0.25, -0.2) is 4.98 Å². The smallest absolute Gasteiger partial charge is 0.118 e. The van der Waals surface area contributed by atoms with Gasteiger partial charge in [0.15, 0.2) is 0 Å². The second kappa shape index (κ2) is 5.67. The fourth-order valence-corrected chi connectivity index (χ4v) is 2.81. The lowest BCUT2D eigenvalue weighted by molar-refractivity contribution is 0.415. The van der Waals surface area contributed by atoms with Gasteiger partial charge in [-0.05, 0) is 50.6 Å². The first-order chi connectivity index (χ1) is 9.76.